The average molecular weight is 399 g/mol. The van der Waals surface area contributed by atoms with Crippen molar-refractivity contribution in [1.29, 1.82) is 0 Å². The quantitative estimate of drug-likeness (QED) is 0.526. The van der Waals surface area contributed by atoms with Crippen molar-refractivity contribution in [2.45, 2.75) is 0 Å². The van der Waals surface area contributed by atoms with Crippen molar-refractivity contribution < 1.29 is 19.8 Å². The minimum atomic E-state index is -1.37. The van der Waals surface area contributed by atoms with E-state index in [0.717, 1.165) is 11.3 Å². The van der Waals surface area contributed by atoms with Crippen LogP contribution < -0.4 is 0 Å². The van der Waals surface area contributed by atoms with E-state index in [1.54, 1.807) is 12.1 Å². The minimum Gasteiger partial charge on any atom is -0.478 e. The molecule has 0 aliphatic carbocycles. The van der Waals surface area contributed by atoms with E-state index in [9.17, 15) is 9.59 Å². The Morgan fingerprint density at radius 3 is 1.93 bits per heavy atom. The first-order valence-corrected chi connectivity index (χ1v) is 8.90. The molecule has 3 aromatic heterocycles. The number of hydrogen-bond donors (Lipinski definition) is 2. The van der Waals surface area contributed by atoms with Crippen LogP contribution in [0.1, 0.15) is 20.8 Å². The summed E-state index contributed by atoms with van der Waals surface area (Å²) in [6.45, 7) is 0. The lowest BCUT2D eigenvalue weighted by Gasteiger charge is -2.07. The van der Waals surface area contributed by atoms with Crippen LogP contribution in [0.2, 0.25) is 0 Å². The van der Waals surface area contributed by atoms with Crippen molar-refractivity contribution >= 4 is 11.9 Å². The van der Waals surface area contributed by atoms with Gasteiger partial charge in [-0.05, 0) is 35.9 Å². The zero-order chi connectivity index (χ0) is 21.3. The van der Waals surface area contributed by atoms with Crippen LogP contribution in [0.4, 0.5) is 0 Å². The molecule has 0 bridgehead atoms. The molecule has 0 saturated carbocycles. The zero-order valence-corrected chi connectivity index (χ0v) is 15.7. The predicted octanol–water partition coefficient (Wildman–Crippen LogP) is 4.29. The number of benzene rings is 1. The molecule has 0 amide bonds. The summed E-state index contributed by atoms with van der Waals surface area (Å²) in [6.07, 6.45) is 6.08. The van der Waals surface area contributed by atoms with E-state index in [4.69, 9.17) is 10.2 Å². The maximum atomic E-state index is 11.2. The van der Waals surface area contributed by atoms with E-state index < -0.39 is 17.6 Å². The molecular formula is C23H17N3O4. The fourth-order valence-electron chi connectivity index (χ4n) is 2.75. The lowest BCUT2D eigenvalue weighted by atomic mass is 10.00. The SMILES string of the molecule is O=C(O)c1nccc(-c2ccncc2)c1C(=O)O.c1ccc(-c2ccccn2)cc1. The zero-order valence-electron chi connectivity index (χ0n) is 15.7. The smallest absolute Gasteiger partial charge is 0.355 e. The van der Waals surface area contributed by atoms with E-state index in [0.29, 0.717) is 11.1 Å². The largest absolute Gasteiger partial charge is 0.478 e. The van der Waals surface area contributed by atoms with Gasteiger partial charge in [0, 0.05) is 35.9 Å². The van der Waals surface area contributed by atoms with Gasteiger partial charge in [-0.3, -0.25) is 9.97 Å². The first kappa shape index (κ1) is 20.3. The van der Waals surface area contributed by atoms with Gasteiger partial charge in [0.15, 0.2) is 5.69 Å². The monoisotopic (exact) mass is 399 g/mol. The normalized spacial score (nSPS) is 9.87. The molecular weight excluding hydrogens is 382 g/mol. The minimum absolute atomic E-state index is 0.303. The van der Waals surface area contributed by atoms with E-state index >= 15 is 0 Å². The summed E-state index contributed by atoms with van der Waals surface area (Å²) in [5, 5.41) is 18.1. The molecule has 2 N–H and O–H groups in total. The van der Waals surface area contributed by atoms with Crippen LogP contribution in [0, 0.1) is 0 Å². The Hall–Kier alpha value is -4.39. The number of rotatable bonds is 4. The number of carbonyl (C=O) groups is 2. The number of hydrogen-bond acceptors (Lipinski definition) is 5. The molecule has 7 nitrogen and oxygen atoms in total. The number of carboxylic acid groups (broad SMARTS) is 2. The maximum Gasteiger partial charge on any atom is 0.355 e. The Morgan fingerprint density at radius 1 is 0.633 bits per heavy atom. The molecule has 0 fully saturated rings. The van der Waals surface area contributed by atoms with Crippen LogP contribution in [0.25, 0.3) is 22.4 Å². The molecule has 3 heterocycles. The molecule has 1 aromatic carbocycles. The molecule has 0 atom stereocenters. The van der Waals surface area contributed by atoms with Gasteiger partial charge in [-0.2, -0.15) is 0 Å². The fourth-order valence-corrected chi connectivity index (χ4v) is 2.75. The third-order valence-corrected chi connectivity index (χ3v) is 4.09. The topological polar surface area (TPSA) is 113 Å². The standard InChI is InChI=1S/C12H8N2O4.C11H9N/c15-11(16)9-8(7-1-4-13-5-2-7)3-6-14-10(9)12(17)18;1-2-6-10(7-3-1)11-8-4-5-9-12-11/h1-6H,(H,15,16)(H,17,18);1-9H. The van der Waals surface area contributed by atoms with Crippen molar-refractivity contribution in [3.63, 3.8) is 0 Å². The van der Waals surface area contributed by atoms with Crippen molar-refractivity contribution in [3.05, 3.63) is 103 Å². The second-order valence-corrected chi connectivity index (χ2v) is 6.01. The van der Waals surface area contributed by atoms with Crippen molar-refractivity contribution in [2.24, 2.45) is 0 Å². The van der Waals surface area contributed by atoms with Crippen LogP contribution >= 0.6 is 0 Å². The van der Waals surface area contributed by atoms with Gasteiger partial charge in [-0.1, -0.05) is 36.4 Å². The predicted molar refractivity (Wildman–Crippen MR) is 111 cm³/mol. The lowest BCUT2D eigenvalue weighted by molar-refractivity contribution is 0.0647. The average Bonchev–Trinajstić information content (AvgIpc) is 2.80. The number of aromatic nitrogens is 3. The van der Waals surface area contributed by atoms with E-state index in [2.05, 4.69) is 27.1 Å². The van der Waals surface area contributed by atoms with Gasteiger partial charge < -0.3 is 10.2 Å². The molecule has 7 heteroatoms. The summed E-state index contributed by atoms with van der Waals surface area (Å²) in [7, 11) is 0. The molecule has 148 valence electrons. The summed E-state index contributed by atoms with van der Waals surface area (Å²) >= 11 is 0. The summed E-state index contributed by atoms with van der Waals surface area (Å²) in [5.41, 5.74) is 2.27. The Kier molecular flexibility index (Phi) is 6.58. The number of pyridine rings is 3. The summed E-state index contributed by atoms with van der Waals surface area (Å²) < 4.78 is 0. The van der Waals surface area contributed by atoms with Gasteiger partial charge in [-0.15, -0.1) is 0 Å². The second-order valence-electron chi connectivity index (χ2n) is 6.01. The molecule has 4 rings (SSSR count). The van der Waals surface area contributed by atoms with Crippen molar-refractivity contribution in [2.75, 3.05) is 0 Å². The fraction of sp³-hybridized carbons (Fsp3) is 0. The highest BCUT2D eigenvalue weighted by molar-refractivity contribution is 6.05. The molecule has 0 spiro atoms. The number of nitrogens with zero attached hydrogens (tertiary/aromatic N) is 3. The first-order chi connectivity index (χ1) is 14.6. The van der Waals surface area contributed by atoms with Crippen LogP contribution in [-0.4, -0.2) is 37.1 Å². The molecule has 0 aliphatic rings. The third-order valence-electron chi connectivity index (χ3n) is 4.09. The molecule has 0 aliphatic heterocycles. The molecule has 30 heavy (non-hydrogen) atoms. The number of aromatic carboxylic acids is 2. The summed E-state index contributed by atoms with van der Waals surface area (Å²) in [6, 6.07) is 20.8. The van der Waals surface area contributed by atoms with Gasteiger partial charge in [-0.25, -0.2) is 14.6 Å². The molecule has 4 aromatic rings. The van der Waals surface area contributed by atoms with Crippen molar-refractivity contribution in [3.8, 4) is 22.4 Å². The van der Waals surface area contributed by atoms with Crippen molar-refractivity contribution in [1.82, 2.24) is 15.0 Å². The third kappa shape index (κ3) is 4.90. The lowest BCUT2D eigenvalue weighted by Crippen LogP contribution is -2.12. The molecule has 0 radical (unpaired) electrons. The van der Waals surface area contributed by atoms with E-state index in [1.807, 2.05) is 42.6 Å². The van der Waals surface area contributed by atoms with E-state index in [-0.39, 0.29) is 5.56 Å². The van der Waals surface area contributed by atoms with Crippen LogP contribution in [0.3, 0.4) is 0 Å². The van der Waals surface area contributed by atoms with Gasteiger partial charge in [0.1, 0.15) is 5.56 Å². The first-order valence-electron chi connectivity index (χ1n) is 8.90. The van der Waals surface area contributed by atoms with Crippen LogP contribution in [0.5, 0.6) is 0 Å². The van der Waals surface area contributed by atoms with Gasteiger partial charge >= 0.3 is 11.9 Å². The van der Waals surface area contributed by atoms with Gasteiger partial charge in [0.2, 0.25) is 0 Å². The van der Waals surface area contributed by atoms with Crippen LogP contribution in [-0.2, 0) is 0 Å². The second kappa shape index (κ2) is 9.70. The van der Waals surface area contributed by atoms with E-state index in [1.165, 1.54) is 24.7 Å². The molecule has 0 saturated heterocycles. The molecule has 0 unspecified atom stereocenters. The Morgan fingerprint density at radius 2 is 1.33 bits per heavy atom. The summed E-state index contributed by atoms with van der Waals surface area (Å²) in [4.78, 5) is 33.8. The Bertz CT molecular complexity index is 1100. The summed E-state index contributed by atoms with van der Waals surface area (Å²) in [5.74, 6) is -2.70. The Labute approximate surface area is 172 Å². The maximum absolute atomic E-state index is 11.2. The highest BCUT2D eigenvalue weighted by atomic mass is 16.4. The Balaban J connectivity index is 0.000000184. The van der Waals surface area contributed by atoms with Crippen LogP contribution in [0.15, 0.2) is 91.5 Å². The number of carboxylic acids is 2. The highest BCUT2D eigenvalue weighted by Crippen LogP contribution is 2.24. The van der Waals surface area contributed by atoms with Gasteiger partial charge in [0.25, 0.3) is 0 Å². The highest BCUT2D eigenvalue weighted by Gasteiger charge is 2.22. The van der Waals surface area contributed by atoms with Gasteiger partial charge in [0.05, 0.1) is 5.69 Å².